The fourth-order valence-corrected chi connectivity index (χ4v) is 2.50. The van der Waals surface area contributed by atoms with Gasteiger partial charge in [-0.25, -0.2) is 0 Å². The lowest BCUT2D eigenvalue weighted by Crippen LogP contribution is -2.04. The van der Waals surface area contributed by atoms with Gasteiger partial charge in [0.1, 0.15) is 0 Å². The lowest BCUT2D eigenvalue weighted by atomic mass is 9.90. The molecule has 1 atom stereocenters. The van der Waals surface area contributed by atoms with E-state index in [1.54, 1.807) is 0 Å². The predicted octanol–water partition coefficient (Wildman–Crippen LogP) is 5.02. The Morgan fingerprint density at radius 2 is 1.65 bits per heavy atom. The second-order valence-electron chi connectivity index (χ2n) is 4.12. The van der Waals surface area contributed by atoms with E-state index in [0.717, 1.165) is 5.02 Å². The van der Waals surface area contributed by atoms with Crippen molar-refractivity contribution in [2.45, 2.75) is 12.8 Å². The predicted molar refractivity (Wildman–Crippen MR) is 75.2 cm³/mol. The van der Waals surface area contributed by atoms with Crippen molar-refractivity contribution in [3.63, 3.8) is 0 Å². The first-order valence-corrected chi connectivity index (χ1v) is 6.50. The van der Waals surface area contributed by atoms with Crippen LogP contribution >= 0.6 is 23.2 Å². The number of hydrogen-bond donors (Lipinski definition) is 0. The minimum absolute atomic E-state index is 0.232. The molecule has 2 aromatic rings. The molecule has 0 amide bonds. The van der Waals surface area contributed by atoms with Gasteiger partial charge in [-0.3, -0.25) is 0 Å². The summed E-state index contributed by atoms with van der Waals surface area (Å²) in [5.41, 5.74) is 3.76. The molecule has 2 heteroatoms. The van der Waals surface area contributed by atoms with Crippen LogP contribution in [0.25, 0.3) is 0 Å². The molecule has 0 radical (unpaired) electrons. The number of rotatable bonds is 3. The SMILES string of the molecule is Cc1ccccc1C(CCl)c1ccc(Cl)cc1. The monoisotopic (exact) mass is 264 g/mol. The zero-order valence-electron chi connectivity index (χ0n) is 9.66. The van der Waals surface area contributed by atoms with Gasteiger partial charge in [-0.1, -0.05) is 48.0 Å². The van der Waals surface area contributed by atoms with Crippen molar-refractivity contribution in [1.29, 1.82) is 0 Å². The summed E-state index contributed by atoms with van der Waals surface area (Å²) in [4.78, 5) is 0. The molecule has 0 nitrogen and oxygen atoms in total. The summed E-state index contributed by atoms with van der Waals surface area (Å²) in [7, 11) is 0. The Kier molecular flexibility index (Phi) is 4.09. The van der Waals surface area contributed by atoms with Crippen molar-refractivity contribution < 1.29 is 0 Å². The van der Waals surface area contributed by atoms with Crippen molar-refractivity contribution in [1.82, 2.24) is 0 Å². The molecule has 0 aromatic heterocycles. The molecule has 0 fully saturated rings. The normalized spacial score (nSPS) is 12.4. The standard InChI is InChI=1S/C15H14Cl2/c1-11-4-2-3-5-14(11)15(10-16)12-6-8-13(17)9-7-12/h2-9,15H,10H2,1H3. The highest BCUT2D eigenvalue weighted by Gasteiger charge is 2.14. The fraction of sp³-hybridized carbons (Fsp3) is 0.200. The van der Waals surface area contributed by atoms with Gasteiger partial charge in [-0.05, 0) is 35.7 Å². The van der Waals surface area contributed by atoms with Gasteiger partial charge in [0.05, 0.1) is 0 Å². The molecule has 2 rings (SSSR count). The molecular formula is C15H14Cl2. The molecule has 1 unspecified atom stereocenters. The van der Waals surface area contributed by atoms with Crippen molar-refractivity contribution in [3.05, 3.63) is 70.2 Å². The molecule has 0 bridgehead atoms. The van der Waals surface area contributed by atoms with Crippen molar-refractivity contribution in [2.24, 2.45) is 0 Å². The maximum absolute atomic E-state index is 6.12. The minimum Gasteiger partial charge on any atom is -0.126 e. The van der Waals surface area contributed by atoms with E-state index < -0.39 is 0 Å². The van der Waals surface area contributed by atoms with Crippen molar-refractivity contribution in [2.75, 3.05) is 5.88 Å². The first-order chi connectivity index (χ1) is 8.22. The quantitative estimate of drug-likeness (QED) is 0.683. The molecule has 0 saturated heterocycles. The lowest BCUT2D eigenvalue weighted by Gasteiger charge is -2.17. The largest absolute Gasteiger partial charge is 0.126 e. The van der Waals surface area contributed by atoms with E-state index in [1.165, 1.54) is 16.7 Å². The van der Waals surface area contributed by atoms with Crippen LogP contribution in [0.3, 0.4) is 0 Å². The van der Waals surface area contributed by atoms with Crippen LogP contribution in [0.2, 0.25) is 5.02 Å². The van der Waals surface area contributed by atoms with Gasteiger partial charge in [0.2, 0.25) is 0 Å². The Bertz CT molecular complexity index is 489. The van der Waals surface area contributed by atoms with E-state index >= 15 is 0 Å². The van der Waals surface area contributed by atoms with Gasteiger partial charge in [0.15, 0.2) is 0 Å². The Hall–Kier alpha value is -0.980. The molecular weight excluding hydrogens is 251 g/mol. The third-order valence-electron chi connectivity index (χ3n) is 2.99. The van der Waals surface area contributed by atoms with Gasteiger partial charge in [-0.15, -0.1) is 11.6 Å². The topological polar surface area (TPSA) is 0 Å². The Labute approximate surface area is 112 Å². The molecule has 0 aliphatic heterocycles. The summed E-state index contributed by atoms with van der Waals surface area (Å²) < 4.78 is 0. The first kappa shape index (κ1) is 12.5. The summed E-state index contributed by atoms with van der Waals surface area (Å²) in [5, 5.41) is 0.756. The Morgan fingerprint density at radius 1 is 1.00 bits per heavy atom. The highest BCUT2D eigenvalue weighted by Crippen LogP contribution is 2.29. The van der Waals surface area contributed by atoms with Crippen LogP contribution in [0.15, 0.2) is 48.5 Å². The molecule has 0 aliphatic carbocycles. The average molecular weight is 265 g/mol. The molecule has 0 saturated carbocycles. The third kappa shape index (κ3) is 2.83. The van der Waals surface area contributed by atoms with Crippen LogP contribution in [0, 0.1) is 6.92 Å². The summed E-state index contributed by atoms with van der Waals surface area (Å²) in [6.45, 7) is 2.12. The number of aryl methyl sites for hydroxylation is 1. The van der Waals surface area contributed by atoms with Gasteiger partial charge >= 0.3 is 0 Å². The number of alkyl halides is 1. The highest BCUT2D eigenvalue weighted by molar-refractivity contribution is 6.30. The molecule has 17 heavy (non-hydrogen) atoms. The van der Waals surface area contributed by atoms with E-state index in [9.17, 15) is 0 Å². The molecule has 0 aliphatic rings. The van der Waals surface area contributed by atoms with Gasteiger partial charge in [-0.2, -0.15) is 0 Å². The minimum atomic E-state index is 0.232. The van der Waals surface area contributed by atoms with E-state index in [2.05, 4.69) is 25.1 Å². The van der Waals surface area contributed by atoms with Crippen molar-refractivity contribution >= 4 is 23.2 Å². The fourth-order valence-electron chi connectivity index (χ4n) is 2.02. The maximum Gasteiger partial charge on any atom is 0.0406 e. The van der Waals surface area contributed by atoms with Crippen LogP contribution in [-0.2, 0) is 0 Å². The molecule has 0 spiro atoms. The molecule has 0 heterocycles. The second-order valence-corrected chi connectivity index (χ2v) is 4.86. The van der Waals surface area contributed by atoms with Gasteiger partial charge in [0, 0.05) is 16.8 Å². The average Bonchev–Trinajstić information content (AvgIpc) is 2.35. The van der Waals surface area contributed by atoms with Gasteiger partial charge in [0.25, 0.3) is 0 Å². The van der Waals surface area contributed by atoms with Crippen LogP contribution in [-0.4, -0.2) is 5.88 Å². The van der Waals surface area contributed by atoms with E-state index in [4.69, 9.17) is 23.2 Å². The van der Waals surface area contributed by atoms with E-state index in [1.807, 2.05) is 30.3 Å². The highest BCUT2D eigenvalue weighted by atomic mass is 35.5. The smallest absolute Gasteiger partial charge is 0.0406 e. The zero-order valence-corrected chi connectivity index (χ0v) is 11.2. The van der Waals surface area contributed by atoms with Crippen molar-refractivity contribution in [3.8, 4) is 0 Å². The summed E-state index contributed by atoms with van der Waals surface area (Å²) >= 11 is 12.0. The first-order valence-electron chi connectivity index (χ1n) is 5.59. The maximum atomic E-state index is 6.12. The van der Waals surface area contributed by atoms with Crippen LogP contribution in [0.5, 0.6) is 0 Å². The Morgan fingerprint density at radius 3 is 2.24 bits per heavy atom. The molecule has 2 aromatic carbocycles. The summed E-state index contributed by atoms with van der Waals surface area (Å²) in [5.74, 6) is 0.807. The zero-order chi connectivity index (χ0) is 12.3. The lowest BCUT2D eigenvalue weighted by molar-refractivity contribution is 0.918. The second kappa shape index (κ2) is 5.57. The van der Waals surface area contributed by atoms with Gasteiger partial charge < -0.3 is 0 Å². The summed E-state index contributed by atoms with van der Waals surface area (Å²) in [6, 6.07) is 16.3. The van der Waals surface area contributed by atoms with Crippen LogP contribution in [0.1, 0.15) is 22.6 Å². The van der Waals surface area contributed by atoms with E-state index in [-0.39, 0.29) is 5.92 Å². The Balaban J connectivity index is 2.40. The van der Waals surface area contributed by atoms with Crippen LogP contribution in [0.4, 0.5) is 0 Å². The third-order valence-corrected chi connectivity index (χ3v) is 3.55. The van der Waals surface area contributed by atoms with Crippen LogP contribution < -0.4 is 0 Å². The number of halogens is 2. The number of hydrogen-bond acceptors (Lipinski definition) is 0. The summed E-state index contributed by atoms with van der Waals surface area (Å²) in [6.07, 6.45) is 0. The van der Waals surface area contributed by atoms with E-state index in [0.29, 0.717) is 5.88 Å². The number of benzene rings is 2. The molecule has 88 valence electrons. The molecule has 0 N–H and O–H groups in total.